The van der Waals surface area contributed by atoms with Crippen molar-refractivity contribution in [1.82, 2.24) is 4.98 Å². The van der Waals surface area contributed by atoms with Gasteiger partial charge < -0.3 is 15.4 Å². The molecule has 1 aliphatic heterocycles. The molecule has 166 valence electrons. The fraction of sp³-hybridized carbons (Fsp3) is 0.333. The fourth-order valence-corrected chi connectivity index (χ4v) is 5.66. The minimum Gasteiger partial charge on any atom is -0.490 e. The molecule has 5 rings (SSSR count). The molecular formula is C24H24FN3O2S2. The topological polar surface area (TPSA) is 63.2 Å². The van der Waals surface area contributed by atoms with Crippen LogP contribution < -0.4 is 15.4 Å². The van der Waals surface area contributed by atoms with Crippen molar-refractivity contribution in [1.29, 1.82) is 0 Å². The highest BCUT2D eigenvalue weighted by atomic mass is 32.2. The number of nitrogens with zero attached hydrogens (tertiary/aromatic N) is 1. The normalized spacial score (nSPS) is 16.3. The summed E-state index contributed by atoms with van der Waals surface area (Å²) in [5, 5.41) is 8.72. The Morgan fingerprint density at radius 3 is 2.88 bits per heavy atom. The summed E-state index contributed by atoms with van der Waals surface area (Å²) in [4.78, 5) is 17.2. The summed E-state index contributed by atoms with van der Waals surface area (Å²) >= 11 is 2.99. The first-order valence-corrected chi connectivity index (χ1v) is 12.7. The van der Waals surface area contributed by atoms with Gasteiger partial charge in [0.15, 0.2) is 16.7 Å². The summed E-state index contributed by atoms with van der Waals surface area (Å²) in [5.41, 5.74) is 3.29. The Labute approximate surface area is 194 Å². The highest BCUT2D eigenvalue weighted by Crippen LogP contribution is 2.36. The van der Waals surface area contributed by atoms with Crippen LogP contribution in [0, 0.1) is 11.7 Å². The van der Waals surface area contributed by atoms with Crippen LogP contribution >= 0.6 is 23.1 Å². The summed E-state index contributed by atoms with van der Waals surface area (Å²) in [6.45, 7) is 0.586. The van der Waals surface area contributed by atoms with Crippen molar-refractivity contribution in [3.05, 3.63) is 47.6 Å². The monoisotopic (exact) mass is 469 g/mol. The molecule has 0 atom stereocenters. The number of anilines is 3. The average molecular weight is 470 g/mol. The van der Waals surface area contributed by atoms with Crippen molar-refractivity contribution in [2.45, 2.75) is 37.0 Å². The Morgan fingerprint density at radius 2 is 2.03 bits per heavy atom. The van der Waals surface area contributed by atoms with Crippen molar-refractivity contribution in [3.8, 4) is 17.0 Å². The van der Waals surface area contributed by atoms with E-state index < -0.39 is 0 Å². The molecule has 1 aromatic heterocycles. The number of ether oxygens (including phenoxy) is 1. The Bertz CT molecular complexity index is 1130. The molecular weight excluding hydrogens is 445 g/mol. The third-order valence-electron chi connectivity index (χ3n) is 5.80. The summed E-state index contributed by atoms with van der Waals surface area (Å²) in [6, 6.07) is 10.8. The van der Waals surface area contributed by atoms with E-state index in [0.717, 1.165) is 21.8 Å². The standard InChI is InChI=1S/C24H24FN3O2S2/c25-18-11-17(7-9-21(18)30-12-15-4-2-1-3-5-15)26-24-28-20(13-32-24)16-6-8-19-22(10-16)31-14-23(29)27-19/h6-11,13,15H,1-5,12,14H2,(H,26,28)(H,27,29). The molecule has 0 bridgehead atoms. The molecule has 2 heterocycles. The number of rotatable bonds is 6. The van der Waals surface area contributed by atoms with Crippen molar-refractivity contribution >= 4 is 45.5 Å². The molecule has 2 aliphatic rings. The number of nitrogens with one attached hydrogen (secondary N) is 2. The number of benzene rings is 2. The van der Waals surface area contributed by atoms with Gasteiger partial charge in [0.1, 0.15) is 0 Å². The maximum atomic E-state index is 14.6. The summed E-state index contributed by atoms with van der Waals surface area (Å²) in [7, 11) is 0. The number of carbonyl (C=O) groups excluding carboxylic acids is 1. The van der Waals surface area contributed by atoms with Crippen LogP contribution in [-0.2, 0) is 4.79 Å². The number of fused-ring (bicyclic) bond motifs is 1. The van der Waals surface area contributed by atoms with Gasteiger partial charge in [-0.25, -0.2) is 9.37 Å². The number of hydrogen-bond acceptors (Lipinski definition) is 6. The van der Waals surface area contributed by atoms with E-state index in [2.05, 4.69) is 15.6 Å². The Morgan fingerprint density at radius 1 is 1.16 bits per heavy atom. The van der Waals surface area contributed by atoms with Crippen LogP contribution in [0.2, 0.25) is 0 Å². The smallest absolute Gasteiger partial charge is 0.234 e. The second-order valence-corrected chi connectivity index (χ2v) is 10.0. The lowest BCUT2D eigenvalue weighted by Gasteiger charge is -2.21. The number of halogens is 1. The summed E-state index contributed by atoms with van der Waals surface area (Å²) < 4.78 is 20.3. The first kappa shape index (κ1) is 21.3. The van der Waals surface area contributed by atoms with Gasteiger partial charge in [-0.1, -0.05) is 25.3 Å². The van der Waals surface area contributed by atoms with Crippen molar-refractivity contribution in [3.63, 3.8) is 0 Å². The highest BCUT2D eigenvalue weighted by molar-refractivity contribution is 8.00. The molecule has 5 nitrogen and oxygen atoms in total. The molecule has 3 aromatic rings. The summed E-state index contributed by atoms with van der Waals surface area (Å²) in [5.74, 6) is 0.920. The molecule has 1 aliphatic carbocycles. The van der Waals surface area contributed by atoms with Crippen LogP contribution in [0.3, 0.4) is 0 Å². The maximum absolute atomic E-state index is 14.6. The van der Waals surface area contributed by atoms with Crippen LogP contribution in [0.1, 0.15) is 32.1 Å². The largest absolute Gasteiger partial charge is 0.490 e. The lowest BCUT2D eigenvalue weighted by molar-refractivity contribution is -0.113. The molecule has 1 fully saturated rings. The zero-order chi connectivity index (χ0) is 21.9. The Hall–Kier alpha value is -2.58. The van der Waals surface area contributed by atoms with Crippen molar-refractivity contribution < 1.29 is 13.9 Å². The predicted octanol–water partition coefficient (Wildman–Crippen LogP) is 6.70. The number of thiazole rings is 1. The molecule has 1 amide bonds. The quantitative estimate of drug-likeness (QED) is 0.421. The van der Waals surface area contributed by atoms with E-state index in [-0.39, 0.29) is 11.7 Å². The molecule has 2 aromatic carbocycles. The molecule has 2 N–H and O–H groups in total. The maximum Gasteiger partial charge on any atom is 0.234 e. The average Bonchev–Trinajstić information content (AvgIpc) is 3.27. The van der Waals surface area contributed by atoms with Crippen LogP contribution in [-0.4, -0.2) is 23.3 Å². The zero-order valence-electron chi connectivity index (χ0n) is 17.5. The van der Waals surface area contributed by atoms with Gasteiger partial charge in [0.25, 0.3) is 0 Å². The molecule has 0 radical (unpaired) electrons. The molecule has 0 spiro atoms. The highest BCUT2D eigenvalue weighted by Gasteiger charge is 2.17. The fourth-order valence-electron chi connectivity index (χ4n) is 4.08. The lowest BCUT2D eigenvalue weighted by Crippen LogP contribution is -2.18. The molecule has 1 saturated carbocycles. The van der Waals surface area contributed by atoms with Gasteiger partial charge in [-0.05, 0) is 43.0 Å². The Balaban J connectivity index is 1.23. The van der Waals surface area contributed by atoms with E-state index >= 15 is 0 Å². The van der Waals surface area contributed by atoms with Gasteiger partial charge in [-0.15, -0.1) is 23.1 Å². The summed E-state index contributed by atoms with van der Waals surface area (Å²) in [6.07, 6.45) is 6.13. The van der Waals surface area contributed by atoms with E-state index in [1.54, 1.807) is 6.07 Å². The van der Waals surface area contributed by atoms with Crippen LogP contribution in [0.15, 0.2) is 46.7 Å². The van der Waals surface area contributed by atoms with Gasteiger partial charge in [0.05, 0.1) is 23.7 Å². The minimum atomic E-state index is -0.364. The van der Waals surface area contributed by atoms with Gasteiger partial charge in [0.2, 0.25) is 5.91 Å². The second kappa shape index (κ2) is 9.50. The first-order chi connectivity index (χ1) is 15.6. The number of thioether (sulfide) groups is 1. The second-order valence-electron chi connectivity index (χ2n) is 8.17. The van der Waals surface area contributed by atoms with E-state index in [9.17, 15) is 9.18 Å². The van der Waals surface area contributed by atoms with Crippen molar-refractivity contribution in [2.24, 2.45) is 5.92 Å². The number of carbonyl (C=O) groups is 1. The van der Waals surface area contributed by atoms with E-state index in [0.29, 0.717) is 34.8 Å². The molecule has 0 saturated heterocycles. The van der Waals surface area contributed by atoms with Gasteiger partial charge in [0, 0.05) is 27.6 Å². The molecule has 32 heavy (non-hydrogen) atoms. The molecule has 0 unspecified atom stereocenters. The van der Waals surface area contributed by atoms with E-state index in [1.165, 1.54) is 61.3 Å². The van der Waals surface area contributed by atoms with E-state index in [1.807, 2.05) is 29.6 Å². The number of hydrogen-bond donors (Lipinski definition) is 2. The Kier molecular flexibility index (Phi) is 6.32. The van der Waals surface area contributed by atoms with E-state index in [4.69, 9.17) is 4.74 Å². The van der Waals surface area contributed by atoms with Crippen LogP contribution in [0.25, 0.3) is 11.3 Å². The lowest BCUT2D eigenvalue weighted by atomic mass is 9.90. The third-order valence-corrected chi connectivity index (χ3v) is 7.61. The number of amides is 1. The van der Waals surface area contributed by atoms with Gasteiger partial charge in [-0.2, -0.15) is 0 Å². The number of aromatic nitrogens is 1. The molecule has 8 heteroatoms. The minimum absolute atomic E-state index is 0.0213. The third kappa shape index (κ3) is 4.91. The zero-order valence-corrected chi connectivity index (χ0v) is 19.2. The first-order valence-electron chi connectivity index (χ1n) is 10.9. The van der Waals surface area contributed by atoms with Gasteiger partial charge in [-0.3, -0.25) is 4.79 Å². The van der Waals surface area contributed by atoms with Crippen LogP contribution in [0.4, 0.5) is 20.9 Å². The van der Waals surface area contributed by atoms with Crippen LogP contribution in [0.5, 0.6) is 5.75 Å². The SMILES string of the molecule is O=C1CSc2cc(-c3csc(Nc4ccc(OCC5CCCCC5)c(F)c4)n3)ccc2N1. The van der Waals surface area contributed by atoms with Crippen molar-refractivity contribution in [2.75, 3.05) is 23.0 Å². The van der Waals surface area contributed by atoms with Gasteiger partial charge >= 0.3 is 0 Å². The predicted molar refractivity (Wildman–Crippen MR) is 129 cm³/mol.